The topological polar surface area (TPSA) is 56.2 Å². The molecule has 1 amide bonds. The molecule has 0 saturated carbocycles. The number of carbonyl (C=O) groups is 1. The van der Waals surface area contributed by atoms with Gasteiger partial charge in [0.2, 0.25) is 5.91 Å². The van der Waals surface area contributed by atoms with E-state index in [1.807, 2.05) is 24.3 Å². The van der Waals surface area contributed by atoms with Crippen LogP contribution >= 0.6 is 11.6 Å². The largest absolute Gasteiger partial charge is 0.368 e. The molecule has 7 heteroatoms. The zero-order chi connectivity index (χ0) is 21.6. The molecule has 1 aliphatic heterocycles. The van der Waals surface area contributed by atoms with Crippen molar-refractivity contribution in [2.75, 3.05) is 13.2 Å². The predicted octanol–water partition coefficient (Wildman–Crippen LogP) is 4.89. The third-order valence-electron chi connectivity index (χ3n) is 5.71. The highest BCUT2D eigenvalue weighted by Crippen LogP contribution is 2.24. The van der Waals surface area contributed by atoms with Gasteiger partial charge in [-0.25, -0.2) is 9.37 Å². The van der Waals surface area contributed by atoms with E-state index in [0.29, 0.717) is 30.3 Å². The van der Waals surface area contributed by atoms with Crippen LogP contribution in [-0.2, 0) is 22.5 Å². The van der Waals surface area contributed by atoms with E-state index in [9.17, 15) is 9.18 Å². The maximum Gasteiger partial charge on any atom is 0.249 e. The Kier molecular flexibility index (Phi) is 7.20. The number of fused-ring (bicyclic) bond motifs is 1. The SMILES string of the molecule is O=C(NCCCCCc1nc2ccccc2n1Cc1c(F)cccc1Cl)C1CCCO1. The van der Waals surface area contributed by atoms with Crippen LogP contribution in [0, 0.1) is 5.82 Å². The standard InChI is InChI=1S/C24H27ClFN3O2/c25-18-8-6-9-19(26)17(18)16-29-21-11-4-3-10-20(21)28-23(29)13-2-1-5-14-27-24(30)22-12-7-15-31-22/h3-4,6,8-11,22H,1-2,5,7,12-16H2,(H,27,30). The van der Waals surface area contributed by atoms with Crippen molar-refractivity contribution < 1.29 is 13.9 Å². The lowest BCUT2D eigenvalue weighted by Gasteiger charge is -2.12. The summed E-state index contributed by atoms with van der Waals surface area (Å²) in [4.78, 5) is 16.8. The number of amides is 1. The number of carbonyl (C=O) groups excluding carboxylic acids is 1. The van der Waals surface area contributed by atoms with Gasteiger partial charge >= 0.3 is 0 Å². The summed E-state index contributed by atoms with van der Waals surface area (Å²) in [6.45, 7) is 1.68. The fourth-order valence-electron chi connectivity index (χ4n) is 4.03. The minimum absolute atomic E-state index is 0.000981. The van der Waals surface area contributed by atoms with Gasteiger partial charge in [-0.15, -0.1) is 0 Å². The summed E-state index contributed by atoms with van der Waals surface area (Å²) in [6.07, 6.45) is 5.08. The van der Waals surface area contributed by atoms with Crippen LogP contribution in [0.15, 0.2) is 42.5 Å². The number of unbranched alkanes of at least 4 members (excludes halogenated alkanes) is 2. The van der Waals surface area contributed by atoms with Gasteiger partial charge in [0.1, 0.15) is 17.7 Å². The monoisotopic (exact) mass is 443 g/mol. The second-order valence-electron chi connectivity index (χ2n) is 7.91. The molecule has 4 rings (SSSR count). The van der Waals surface area contributed by atoms with Crippen molar-refractivity contribution in [1.82, 2.24) is 14.9 Å². The maximum atomic E-state index is 14.4. The third-order valence-corrected chi connectivity index (χ3v) is 6.06. The van der Waals surface area contributed by atoms with Crippen LogP contribution in [0.5, 0.6) is 0 Å². The molecule has 2 heterocycles. The van der Waals surface area contributed by atoms with Crippen molar-refractivity contribution in [3.8, 4) is 0 Å². The minimum Gasteiger partial charge on any atom is -0.368 e. The van der Waals surface area contributed by atoms with Gasteiger partial charge in [-0.2, -0.15) is 0 Å². The number of imidazole rings is 1. The second-order valence-corrected chi connectivity index (χ2v) is 8.31. The van der Waals surface area contributed by atoms with Crippen LogP contribution in [0.2, 0.25) is 5.02 Å². The molecule has 1 aromatic heterocycles. The lowest BCUT2D eigenvalue weighted by Crippen LogP contribution is -2.34. The number of ether oxygens (including phenoxy) is 1. The van der Waals surface area contributed by atoms with Gasteiger partial charge < -0.3 is 14.6 Å². The Balaban J connectivity index is 1.36. The molecule has 164 valence electrons. The number of rotatable bonds is 9. The molecule has 2 aromatic carbocycles. The average Bonchev–Trinajstić information content (AvgIpc) is 3.42. The number of para-hydroxylation sites is 2. The van der Waals surface area contributed by atoms with Gasteiger partial charge in [-0.05, 0) is 49.9 Å². The Morgan fingerprint density at radius 3 is 2.87 bits per heavy atom. The lowest BCUT2D eigenvalue weighted by molar-refractivity contribution is -0.130. The molecule has 1 atom stereocenters. The van der Waals surface area contributed by atoms with E-state index >= 15 is 0 Å². The normalized spacial score (nSPS) is 16.1. The van der Waals surface area contributed by atoms with Gasteiger partial charge in [0.05, 0.1) is 17.6 Å². The minimum atomic E-state index is -0.307. The van der Waals surface area contributed by atoms with Crippen LogP contribution in [0.3, 0.4) is 0 Å². The number of hydrogen-bond donors (Lipinski definition) is 1. The second kappa shape index (κ2) is 10.2. The van der Waals surface area contributed by atoms with Gasteiger partial charge in [0, 0.05) is 30.2 Å². The molecule has 1 N–H and O–H groups in total. The van der Waals surface area contributed by atoms with E-state index in [4.69, 9.17) is 21.3 Å². The smallest absolute Gasteiger partial charge is 0.249 e. The summed E-state index contributed by atoms with van der Waals surface area (Å²) in [5, 5.41) is 3.38. The third kappa shape index (κ3) is 5.25. The first kappa shape index (κ1) is 21.8. The van der Waals surface area contributed by atoms with E-state index in [2.05, 4.69) is 9.88 Å². The average molecular weight is 444 g/mol. The quantitative estimate of drug-likeness (QED) is 0.479. The van der Waals surface area contributed by atoms with Crippen LogP contribution in [0.4, 0.5) is 4.39 Å². The number of aryl methyl sites for hydroxylation is 1. The Morgan fingerprint density at radius 2 is 2.06 bits per heavy atom. The molecule has 1 saturated heterocycles. The molecule has 0 spiro atoms. The highest BCUT2D eigenvalue weighted by atomic mass is 35.5. The van der Waals surface area contributed by atoms with Crippen molar-refractivity contribution in [3.05, 3.63) is 64.7 Å². The molecule has 5 nitrogen and oxygen atoms in total. The van der Waals surface area contributed by atoms with E-state index in [1.165, 1.54) is 6.07 Å². The Labute approximate surface area is 186 Å². The van der Waals surface area contributed by atoms with Gasteiger partial charge in [0.25, 0.3) is 0 Å². The summed E-state index contributed by atoms with van der Waals surface area (Å²) in [7, 11) is 0. The van der Waals surface area contributed by atoms with E-state index < -0.39 is 0 Å². The molecule has 0 radical (unpaired) electrons. The Hall–Kier alpha value is -2.44. The van der Waals surface area contributed by atoms with E-state index in [-0.39, 0.29) is 17.8 Å². The van der Waals surface area contributed by atoms with Crippen LogP contribution in [-0.4, -0.2) is 34.7 Å². The Morgan fingerprint density at radius 1 is 1.19 bits per heavy atom. The maximum absolute atomic E-state index is 14.4. The fourth-order valence-corrected chi connectivity index (χ4v) is 4.25. The molecule has 3 aromatic rings. The van der Waals surface area contributed by atoms with Crippen molar-refractivity contribution in [3.63, 3.8) is 0 Å². The van der Waals surface area contributed by atoms with Crippen LogP contribution in [0.25, 0.3) is 11.0 Å². The van der Waals surface area contributed by atoms with E-state index in [1.54, 1.807) is 12.1 Å². The van der Waals surface area contributed by atoms with Crippen LogP contribution < -0.4 is 5.32 Å². The molecule has 0 aliphatic carbocycles. The van der Waals surface area contributed by atoms with E-state index in [0.717, 1.165) is 55.4 Å². The van der Waals surface area contributed by atoms with Gasteiger partial charge in [-0.1, -0.05) is 36.2 Å². The molecule has 31 heavy (non-hydrogen) atoms. The number of nitrogens with zero attached hydrogens (tertiary/aromatic N) is 2. The molecule has 1 fully saturated rings. The van der Waals surface area contributed by atoms with Crippen molar-refractivity contribution in [2.45, 2.75) is 51.2 Å². The summed E-state index contributed by atoms with van der Waals surface area (Å²) in [5.41, 5.74) is 2.35. The van der Waals surface area contributed by atoms with Gasteiger partial charge in [0.15, 0.2) is 0 Å². The molecule has 0 bridgehead atoms. The summed E-state index contributed by atoms with van der Waals surface area (Å²) in [5.74, 6) is 0.614. The molecular weight excluding hydrogens is 417 g/mol. The summed E-state index contributed by atoms with van der Waals surface area (Å²) < 4.78 is 21.8. The predicted molar refractivity (Wildman–Crippen MR) is 120 cm³/mol. The van der Waals surface area contributed by atoms with Crippen molar-refractivity contribution in [2.24, 2.45) is 0 Å². The first-order valence-corrected chi connectivity index (χ1v) is 11.3. The molecule has 1 aliphatic rings. The Bertz CT molecular complexity index is 1030. The first-order valence-electron chi connectivity index (χ1n) is 10.9. The summed E-state index contributed by atoms with van der Waals surface area (Å²) in [6, 6.07) is 12.7. The van der Waals surface area contributed by atoms with Gasteiger partial charge in [-0.3, -0.25) is 4.79 Å². The fraction of sp³-hybridized carbons (Fsp3) is 0.417. The number of hydrogen-bond acceptors (Lipinski definition) is 3. The highest BCUT2D eigenvalue weighted by Gasteiger charge is 2.22. The lowest BCUT2D eigenvalue weighted by atomic mass is 10.1. The first-order chi connectivity index (χ1) is 15.1. The highest BCUT2D eigenvalue weighted by molar-refractivity contribution is 6.31. The number of aromatic nitrogens is 2. The number of nitrogens with one attached hydrogen (secondary N) is 1. The zero-order valence-corrected chi connectivity index (χ0v) is 18.2. The van der Waals surface area contributed by atoms with Crippen molar-refractivity contribution in [1.29, 1.82) is 0 Å². The number of benzene rings is 2. The van der Waals surface area contributed by atoms with Crippen molar-refractivity contribution >= 4 is 28.5 Å². The summed E-state index contributed by atoms with van der Waals surface area (Å²) >= 11 is 6.27. The molecule has 1 unspecified atom stereocenters. The molecular formula is C24H27ClFN3O2. The number of halogens is 2. The van der Waals surface area contributed by atoms with Crippen LogP contribution in [0.1, 0.15) is 43.5 Å². The zero-order valence-electron chi connectivity index (χ0n) is 17.4.